The highest BCUT2D eigenvalue weighted by atomic mass is 16.5. The van der Waals surface area contributed by atoms with Crippen molar-refractivity contribution in [2.24, 2.45) is 16.3 Å². The first-order valence-corrected chi connectivity index (χ1v) is 18.0. The zero-order valence-electron chi connectivity index (χ0n) is 30.9. The Hall–Kier alpha value is -4.65. The zero-order chi connectivity index (χ0) is 35.8. The molecule has 1 unspecified atom stereocenters. The molecule has 1 atom stereocenters. The van der Waals surface area contributed by atoms with Crippen LogP contribution < -0.4 is 14.5 Å². The molecule has 2 aliphatic heterocycles. The normalized spacial score (nSPS) is 17.5. The Morgan fingerprint density at radius 3 is 2.30 bits per heavy atom. The van der Waals surface area contributed by atoms with Crippen molar-refractivity contribution in [3.63, 3.8) is 0 Å². The number of benzene rings is 4. The van der Waals surface area contributed by atoms with Crippen LogP contribution >= 0.6 is 0 Å². The molecule has 0 radical (unpaired) electrons. The molecule has 0 aromatic heterocycles. The Labute approximate surface area is 297 Å². The van der Waals surface area contributed by atoms with Crippen LogP contribution in [0.4, 0.5) is 17.1 Å². The summed E-state index contributed by atoms with van der Waals surface area (Å²) in [5, 5.41) is 2.15. The molecule has 6 rings (SSSR count). The van der Waals surface area contributed by atoms with E-state index in [4.69, 9.17) is 14.5 Å². The number of nitrogens with zero attached hydrogens (tertiary/aromatic N) is 3. The van der Waals surface area contributed by atoms with Crippen LogP contribution in [0.5, 0.6) is 5.75 Å². The molecular weight excluding hydrogens is 622 g/mol. The molecule has 2 aliphatic rings. The zero-order valence-corrected chi connectivity index (χ0v) is 30.9. The van der Waals surface area contributed by atoms with E-state index in [1.807, 2.05) is 20.1 Å². The van der Waals surface area contributed by atoms with Gasteiger partial charge >= 0.3 is 5.97 Å². The predicted octanol–water partition coefficient (Wildman–Crippen LogP) is 9.52. The molecule has 1 spiro atoms. The minimum atomic E-state index is -0.785. The van der Waals surface area contributed by atoms with Crippen LogP contribution in [0.15, 0.2) is 83.9 Å². The Morgan fingerprint density at radius 1 is 0.940 bits per heavy atom. The van der Waals surface area contributed by atoms with Gasteiger partial charge in [0, 0.05) is 42.2 Å². The van der Waals surface area contributed by atoms with Crippen LogP contribution in [-0.2, 0) is 19.7 Å². The van der Waals surface area contributed by atoms with Crippen molar-refractivity contribution >= 4 is 45.8 Å². The Kier molecular flexibility index (Phi) is 9.55. The summed E-state index contributed by atoms with van der Waals surface area (Å²) < 4.78 is 12.8. The number of ketones is 1. The largest absolute Gasteiger partial charge is 0.464 e. The van der Waals surface area contributed by atoms with Crippen molar-refractivity contribution in [3.05, 3.63) is 84.4 Å². The van der Waals surface area contributed by atoms with Gasteiger partial charge in [-0.05, 0) is 72.5 Å². The minimum absolute atomic E-state index is 0.0305. The summed E-state index contributed by atoms with van der Waals surface area (Å²) in [6, 6.07) is 27.8. The maximum atomic E-state index is 12.2. The minimum Gasteiger partial charge on any atom is -0.464 e. The van der Waals surface area contributed by atoms with Gasteiger partial charge in [-0.25, -0.2) is 0 Å². The summed E-state index contributed by atoms with van der Waals surface area (Å²) in [6.07, 6.45) is 2.40. The molecule has 4 aromatic carbocycles. The van der Waals surface area contributed by atoms with Crippen molar-refractivity contribution in [2.45, 2.75) is 79.4 Å². The maximum absolute atomic E-state index is 12.2. The van der Waals surface area contributed by atoms with Crippen LogP contribution in [-0.4, -0.2) is 49.9 Å². The quantitative estimate of drug-likeness (QED) is 0.148. The third-order valence-electron chi connectivity index (χ3n) is 10.2. The van der Waals surface area contributed by atoms with E-state index in [1.54, 1.807) is 0 Å². The molecule has 0 N–H and O–H groups in total. The molecule has 4 aromatic rings. The summed E-state index contributed by atoms with van der Waals surface area (Å²) >= 11 is 0. The van der Waals surface area contributed by atoms with Crippen LogP contribution in [0.3, 0.4) is 0 Å². The molecule has 0 amide bonds. The number of fused-ring (bicyclic) bond motifs is 4. The highest BCUT2D eigenvalue weighted by molar-refractivity contribution is 6.05. The van der Waals surface area contributed by atoms with E-state index in [0.717, 1.165) is 52.1 Å². The fourth-order valence-corrected chi connectivity index (χ4v) is 7.33. The second-order valence-corrected chi connectivity index (χ2v) is 15.6. The lowest BCUT2D eigenvalue weighted by Gasteiger charge is -2.48. The summed E-state index contributed by atoms with van der Waals surface area (Å²) in [7, 11) is 0. The molecule has 0 saturated carbocycles. The summed E-state index contributed by atoms with van der Waals surface area (Å²) in [6.45, 7) is 19.5. The maximum Gasteiger partial charge on any atom is 0.306 e. The molecular formula is C43H51N3O4. The van der Waals surface area contributed by atoms with Gasteiger partial charge in [0.15, 0.2) is 5.75 Å². The summed E-state index contributed by atoms with van der Waals surface area (Å²) in [5.41, 5.74) is 5.40. The standard InChI is InChI=1S/C43H51N3O4/c1-9-45(24-25-49-39(48)23-22-38(47)29(2)3)31-20-18-30(19-21-31)34-26-36-40(33-15-11-10-14-32(33)34)50-43(27-44-36)42(7,8)35-16-12-13-17-37(35)46(43)28-41(4,5)6/h10-21,26-27,29H,9,22-25,28H2,1-8H3. The average Bonchev–Trinajstić information content (AvgIpc) is 3.26. The lowest BCUT2D eigenvalue weighted by atomic mass is 9.77. The topological polar surface area (TPSA) is 71.4 Å². The van der Waals surface area contributed by atoms with Gasteiger partial charge in [-0.15, -0.1) is 0 Å². The molecule has 0 saturated heterocycles. The van der Waals surface area contributed by atoms with Gasteiger partial charge in [0.1, 0.15) is 18.1 Å². The molecule has 0 bridgehead atoms. The first kappa shape index (κ1) is 35.2. The van der Waals surface area contributed by atoms with E-state index in [9.17, 15) is 9.59 Å². The Bertz CT molecular complexity index is 1920. The molecule has 7 nitrogen and oxygen atoms in total. The Morgan fingerprint density at radius 2 is 1.62 bits per heavy atom. The number of hydrogen-bond acceptors (Lipinski definition) is 7. The molecule has 262 valence electrons. The van der Waals surface area contributed by atoms with Gasteiger partial charge in [-0.1, -0.05) is 89.2 Å². The van der Waals surface area contributed by atoms with Gasteiger partial charge < -0.3 is 19.3 Å². The van der Waals surface area contributed by atoms with Gasteiger partial charge in [0.2, 0.25) is 5.72 Å². The van der Waals surface area contributed by atoms with E-state index in [2.05, 4.69) is 130 Å². The number of hydrogen-bond donors (Lipinski definition) is 0. The monoisotopic (exact) mass is 673 g/mol. The van der Waals surface area contributed by atoms with Gasteiger partial charge in [-0.3, -0.25) is 14.6 Å². The summed E-state index contributed by atoms with van der Waals surface area (Å²) in [4.78, 5) is 33.9. The highest BCUT2D eigenvalue weighted by Crippen LogP contribution is 2.56. The number of Topliss-reactive ketones (excluding diaryl/α,β-unsaturated/α-hetero) is 1. The highest BCUT2D eigenvalue weighted by Gasteiger charge is 2.60. The van der Waals surface area contributed by atoms with Crippen molar-refractivity contribution in [2.75, 3.05) is 36.0 Å². The fourth-order valence-electron chi connectivity index (χ4n) is 7.33. The second-order valence-electron chi connectivity index (χ2n) is 15.6. The number of esters is 1. The first-order chi connectivity index (χ1) is 23.8. The number of para-hydroxylation sites is 1. The number of likely N-dealkylation sites (N-methyl/N-ethyl adjacent to an activating group) is 1. The number of anilines is 2. The molecule has 7 heteroatoms. The number of ether oxygens (including phenoxy) is 2. The third kappa shape index (κ3) is 6.50. The third-order valence-corrected chi connectivity index (χ3v) is 10.2. The number of carbonyl (C=O) groups is 2. The van der Waals surface area contributed by atoms with Crippen LogP contribution in [0.25, 0.3) is 21.9 Å². The van der Waals surface area contributed by atoms with Crippen molar-refractivity contribution < 1.29 is 19.1 Å². The van der Waals surface area contributed by atoms with Gasteiger partial charge in [0.05, 0.1) is 24.6 Å². The molecule has 50 heavy (non-hydrogen) atoms. The lowest BCUT2D eigenvalue weighted by molar-refractivity contribution is -0.144. The average molecular weight is 674 g/mol. The second kappa shape index (κ2) is 13.6. The first-order valence-electron chi connectivity index (χ1n) is 18.0. The van der Waals surface area contributed by atoms with Crippen LogP contribution in [0.2, 0.25) is 0 Å². The Balaban J connectivity index is 1.27. The van der Waals surface area contributed by atoms with E-state index < -0.39 is 5.72 Å². The van der Waals surface area contributed by atoms with Crippen molar-refractivity contribution in [3.8, 4) is 16.9 Å². The fraction of sp³-hybridized carbons (Fsp3) is 0.419. The van der Waals surface area contributed by atoms with Crippen molar-refractivity contribution in [1.82, 2.24) is 0 Å². The number of aliphatic imine (C=N–C) groups is 1. The van der Waals surface area contributed by atoms with E-state index in [-0.39, 0.29) is 47.9 Å². The predicted molar refractivity (Wildman–Crippen MR) is 205 cm³/mol. The number of rotatable bonds is 11. The smallest absolute Gasteiger partial charge is 0.306 e. The van der Waals surface area contributed by atoms with Crippen LogP contribution in [0.1, 0.15) is 73.8 Å². The lowest BCUT2D eigenvalue weighted by Crippen LogP contribution is -2.63. The SMILES string of the molecule is CCN(CCOC(=O)CCC(=O)C(C)C)c1ccc(-c2cc3c(c4ccccc24)OC2(C=N3)N(CC(C)(C)C)c3ccccc3C2(C)C)cc1. The molecule has 2 heterocycles. The number of carbonyl (C=O) groups excluding carboxylic acids is 2. The van der Waals surface area contributed by atoms with E-state index in [1.165, 1.54) is 11.3 Å². The van der Waals surface area contributed by atoms with Gasteiger partial charge in [0.25, 0.3) is 0 Å². The van der Waals surface area contributed by atoms with Crippen molar-refractivity contribution in [1.29, 1.82) is 0 Å². The van der Waals surface area contributed by atoms with Crippen LogP contribution in [0, 0.1) is 11.3 Å². The van der Waals surface area contributed by atoms with E-state index >= 15 is 0 Å². The molecule has 0 aliphatic carbocycles. The van der Waals surface area contributed by atoms with Gasteiger partial charge in [-0.2, -0.15) is 0 Å². The van der Waals surface area contributed by atoms with E-state index in [0.29, 0.717) is 6.54 Å². The molecule has 0 fully saturated rings. The summed E-state index contributed by atoms with van der Waals surface area (Å²) in [5.74, 6) is 0.494.